The summed E-state index contributed by atoms with van der Waals surface area (Å²) in [5.74, 6) is 1.36. The largest absolute Gasteiger partial charge is 0.497 e. The number of carbonyl (C=O) groups is 1. The lowest BCUT2D eigenvalue weighted by Crippen LogP contribution is -2.31. The van der Waals surface area contributed by atoms with Crippen LogP contribution in [0.3, 0.4) is 0 Å². The quantitative estimate of drug-likeness (QED) is 0.624. The molecule has 1 aromatic carbocycles. The van der Waals surface area contributed by atoms with Crippen molar-refractivity contribution in [1.82, 2.24) is 25.1 Å². The predicted octanol–water partition coefficient (Wildman–Crippen LogP) is 3.56. The van der Waals surface area contributed by atoms with E-state index in [4.69, 9.17) is 4.74 Å². The van der Waals surface area contributed by atoms with Crippen molar-refractivity contribution in [1.29, 1.82) is 0 Å². The van der Waals surface area contributed by atoms with Gasteiger partial charge in [-0.25, -0.2) is 4.98 Å². The Bertz CT molecular complexity index is 947. The highest BCUT2D eigenvalue weighted by molar-refractivity contribution is 9.10. The number of imidazole rings is 1. The molecule has 7 nitrogen and oxygen atoms in total. The molecule has 0 aliphatic carbocycles. The van der Waals surface area contributed by atoms with Crippen molar-refractivity contribution in [3.05, 3.63) is 63.9 Å². The first-order valence-corrected chi connectivity index (χ1v) is 9.37. The molecule has 2 N–H and O–H groups in total. The van der Waals surface area contributed by atoms with Gasteiger partial charge < -0.3 is 14.6 Å². The van der Waals surface area contributed by atoms with Crippen LogP contribution < -0.4 is 10.1 Å². The third-order valence-electron chi connectivity index (χ3n) is 4.34. The molecular weight excluding hydrogens is 410 g/mol. The van der Waals surface area contributed by atoms with Crippen molar-refractivity contribution >= 4 is 21.8 Å². The van der Waals surface area contributed by atoms with Crippen molar-refractivity contribution < 1.29 is 9.53 Å². The van der Waals surface area contributed by atoms with Gasteiger partial charge >= 0.3 is 0 Å². The van der Waals surface area contributed by atoms with Crippen LogP contribution in [0, 0.1) is 0 Å². The van der Waals surface area contributed by atoms with Gasteiger partial charge in [0.25, 0.3) is 5.91 Å². The Morgan fingerprint density at radius 1 is 1.37 bits per heavy atom. The second kappa shape index (κ2) is 7.96. The van der Waals surface area contributed by atoms with Crippen molar-refractivity contribution in [2.75, 3.05) is 7.11 Å². The van der Waals surface area contributed by atoms with Crippen LogP contribution in [0.2, 0.25) is 0 Å². The van der Waals surface area contributed by atoms with E-state index < -0.39 is 6.04 Å². The molecular formula is C19H22BrN5O2. The Kier molecular flexibility index (Phi) is 5.65. The fraction of sp³-hybridized carbons (Fsp3) is 0.316. The molecule has 142 valence electrons. The molecule has 3 rings (SSSR count). The average molecular weight is 432 g/mol. The molecule has 0 spiro atoms. The van der Waals surface area contributed by atoms with Crippen LogP contribution in [-0.4, -0.2) is 32.8 Å². The fourth-order valence-electron chi connectivity index (χ4n) is 2.85. The monoisotopic (exact) mass is 431 g/mol. The number of nitrogens with zero attached hydrogens (tertiary/aromatic N) is 3. The SMILES string of the molecule is COc1cccc(C(NC(=O)c2n[nH]c(C(C)C)c2Br)c2nccn2C)c1. The summed E-state index contributed by atoms with van der Waals surface area (Å²) in [7, 11) is 3.50. The zero-order valence-electron chi connectivity index (χ0n) is 15.7. The minimum atomic E-state index is -0.446. The van der Waals surface area contributed by atoms with Gasteiger partial charge in [0.1, 0.15) is 17.6 Å². The molecule has 0 bridgehead atoms. The molecule has 0 saturated heterocycles. The summed E-state index contributed by atoms with van der Waals surface area (Å²) in [6.45, 7) is 4.07. The van der Waals surface area contributed by atoms with Crippen molar-refractivity contribution in [3.8, 4) is 5.75 Å². The van der Waals surface area contributed by atoms with Crippen LogP contribution in [0.25, 0.3) is 0 Å². The number of methoxy groups -OCH3 is 1. The molecule has 1 unspecified atom stereocenters. The predicted molar refractivity (Wildman–Crippen MR) is 106 cm³/mol. The minimum Gasteiger partial charge on any atom is -0.497 e. The summed E-state index contributed by atoms with van der Waals surface area (Å²) in [5, 5.41) is 10.2. The van der Waals surface area contributed by atoms with Gasteiger partial charge in [0.2, 0.25) is 0 Å². The van der Waals surface area contributed by atoms with E-state index in [1.54, 1.807) is 13.3 Å². The highest BCUT2D eigenvalue weighted by Crippen LogP contribution is 2.28. The molecule has 0 aliphatic rings. The van der Waals surface area contributed by atoms with Gasteiger partial charge in [-0.2, -0.15) is 5.10 Å². The first kappa shape index (κ1) is 19.2. The Morgan fingerprint density at radius 3 is 2.74 bits per heavy atom. The van der Waals surface area contributed by atoms with E-state index in [0.29, 0.717) is 21.7 Å². The Hall–Kier alpha value is -2.61. The van der Waals surface area contributed by atoms with Crippen LogP contribution in [0.15, 0.2) is 41.1 Å². The molecule has 8 heteroatoms. The van der Waals surface area contributed by atoms with Gasteiger partial charge in [-0.1, -0.05) is 26.0 Å². The van der Waals surface area contributed by atoms with Crippen LogP contribution in [0.5, 0.6) is 5.75 Å². The third-order valence-corrected chi connectivity index (χ3v) is 5.15. The number of H-pyrrole nitrogens is 1. The van der Waals surface area contributed by atoms with Crippen molar-refractivity contribution in [2.45, 2.75) is 25.8 Å². The lowest BCUT2D eigenvalue weighted by atomic mass is 10.1. The van der Waals surface area contributed by atoms with E-state index in [1.165, 1.54) is 0 Å². The number of rotatable bonds is 6. The number of ether oxygens (including phenoxy) is 1. The van der Waals surface area contributed by atoms with Gasteiger partial charge in [0, 0.05) is 19.4 Å². The third kappa shape index (κ3) is 3.90. The number of amides is 1. The number of aromatic nitrogens is 4. The van der Waals surface area contributed by atoms with Gasteiger partial charge in [-0.3, -0.25) is 9.89 Å². The number of hydrogen-bond acceptors (Lipinski definition) is 4. The van der Waals surface area contributed by atoms with Crippen molar-refractivity contribution in [3.63, 3.8) is 0 Å². The maximum atomic E-state index is 13.0. The summed E-state index contributed by atoms with van der Waals surface area (Å²) in [6.07, 6.45) is 3.55. The number of aromatic amines is 1. The molecule has 0 aliphatic heterocycles. The number of hydrogen-bond donors (Lipinski definition) is 2. The zero-order chi connectivity index (χ0) is 19.6. The molecule has 2 heterocycles. The zero-order valence-corrected chi connectivity index (χ0v) is 17.2. The van der Waals surface area contributed by atoms with Crippen molar-refractivity contribution in [2.24, 2.45) is 7.05 Å². The maximum Gasteiger partial charge on any atom is 0.273 e. The first-order valence-electron chi connectivity index (χ1n) is 8.58. The summed E-state index contributed by atoms with van der Waals surface area (Å²) in [4.78, 5) is 17.4. The number of halogens is 1. The topological polar surface area (TPSA) is 84.8 Å². The van der Waals surface area contributed by atoms with Crippen LogP contribution in [-0.2, 0) is 7.05 Å². The molecule has 0 saturated carbocycles. The maximum absolute atomic E-state index is 13.0. The number of aryl methyl sites for hydroxylation is 1. The summed E-state index contributed by atoms with van der Waals surface area (Å²) >= 11 is 3.49. The minimum absolute atomic E-state index is 0.220. The molecule has 0 fully saturated rings. The smallest absolute Gasteiger partial charge is 0.273 e. The normalized spacial score (nSPS) is 12.2. The Balaban J connectivity index is 1.97. The highest BCUT2D eigenvalue weighted by atomic mass is 79.9. The summed E-state index contributed by atoms with van der Waals surface area (Å²) in [6, 6.07) is 7.12. The van der Waals surface area contributed by atoms with E-state index in [-0.39, 0.29) is 11.8 Å². The average Bonchev–Trinajstić information content (AvgIpc) is 3.25. The molecule has 3 aromatic rings. The summed E-state index contributed by atoms with van der Waals surface area (Å²) < 4.78 is 7.88. The number of nitrogens with one attached hydrogen (secondary N) is 2. The van der Waals surface area contributed by atoms with Gasteiger partial charge in [0.05, 0.1) is 17.3 Å². The van der Waals surface area contributed by atoms with Gasteiger partial charge in [-0.05, 0) is 39.5 Å². The molecule has 1 atom stereocenters. The van der Waals surface area contributed by atoms with Crippen LogP contribution in [0.1, 0.15) is 53.4 Å². The van der Waals surface area contributed by atoms with E-state index >= 15 is 0 Å². The highest BCUT2D eigenvalue weighted by Gasteiger charge is 2.25. The second-order valence-corrected chi connectivity index (χ2v) is 7.33. The van der Waals surface area contributed by atoms with Gasteiger partial charge in [-0.15, -0.1) is 0 Å². The Morgan fingerprint density at radius 2 is 2.15 bits per heavy atom. The molecule has 2 aromatic heterocycles. The Labute approximate surface area is 166 Å². The fourth-order valence-corrected chi connectivity index (χ4v) is 3.66. The lowest BCUT2D eigenvalue weighted by Gasteiger charge is -2.19. The molecule has 1 amide bonds. The van der Waals surface area contributed by atoms with Crippen LogP contribution in [0.4, 0.5) is 0 Å². The van der Waals surface area contributed by atoms with Crippen LogP contribution >= 0.6 is 15.9 Å². The molecule has 0 radical (unpaired) electrons. The molecule has 27 heavy (non-hydrogen) atoms. The van der Waals surface area contributed by atoms with E-state index in [9.17, 15) is 4.79 Å². The standard InChI is InChI=1S/C19H22BrN5O2/c1-11(2)15-14(20)17(24-23-15)19(26)22-16(18-21-8-9-25(18)3)12-6-5-7-13(10-12)27-4/h5-11,16H,1-4H3,(H,22,26)(H,23,24). The number of carbonyl (C=O) groups excluding carboxylic acids is 1. The van der Waals surface area contributed by atoms with E-state index in [2.05, 4.69) is 36.4 Å². The number of benzene rings is 1. The lowest BCUT2D eigenvalue weighted by molar-refractivity contribution is 0.0935. The van der Waals surface area contributed by atoms with E-state index in [0.717, 1.165) is 11.3 Å². The summed E-state index contributed by atoms with van der Waals surface area (Å²) in [5.41, 5.74) is 2.07. The van der Waals surface area contributed by atoms with Gasteiger partial charge in [0.15, 0.2) is 5.69 Å². The first-order chi connectivity index (χ1) is 12.9. The second-order valence-electron chi connectivity index (χ2n) is 6.53. The van der Waals surface area contributed by atoms with E-state index in [1.807, 2.05) is 55.9 Å².